The minimum atomic E-state index is -0.198. The van der Waals surface area contributed by atoms with Crippen LogP contribution in [0.25, 0.3) is 0 Å². The fourth-order valence-corrected chi connectivity index (χ4v) is 1.56. The summed E-state index contributed by atoms with van der Waals surface area (Å²) >= 11 is 0. The van der Waals surface area contributed by atoms with Gasteiger partial charge in [-0.15, -0.1) is 0 Å². The molecule has 0 radical (unpaired) electrons. The first kappa shape index (κ1) is 13.8. The number of carbonyl (C=O) groups excluding carboxylic acids is 1. The van der Waals surface area contributed by atoms with E-state index in [1.54, 1.807) is 31.5 Å². The third-order valence-electron chi connectivity index (χ3n) is 2.67. The van der Waals surface area contributed by atoms with Crippen LogP contribution in [0, 0.1) is 0 Å². The summed E-state index contributed by atoms with van der Waals surface area (Å²) in [6, 6.07) is 6.89. The number of nitrogens with one attached hydrogen (secondary N) is 1. The Balaban J connectivity index is 1.93. The van der Waals surface area contributed by atoms with Crippen molar-refractivity contribution in [2.75, 3.05) is 14.2 Å². The van der Waals surface area contributed by atoms with Gasteiger partial charge in [0.25, 0.3) is 5.91 Å². The van der Waals surface area contributed by atoms with Crippen LogP contribution >= 0.6 is 0 Å². The molecule has 0 aliphatic rings. The molecule has 0 aliphatic carbocycles. The zero-order valence-corrected chi connectivity index (χ0v) is 11.3. The van der Waals surface area contributed by atoms with Crippen LogP contribution in [0.5, 0.6) is 11.8 Å². The van der Waals surface area contributed by atoms with E-state index in [1.807, 2.05) is 6.07 Å². The summed E-state index contributed by atoms with van der Waals surface area (Å²) in [6.45, 7) is 0.391. The van der Waals surface area contributed by atoms with Gasteiger partial charge in [0.2, 0.25) is 11.8 Å². The van der Waals surface area contributed by atoms with Gasteiger partial charge in [0.05, 0.1) is 19.8 Å². The zero-order chi connectivity index (χ0) is 14.4. The lowest BCUT2D eigenvalue weighted by Gasteiger charge is -2.06. The van der Waals surface area contributed by atoms with E-state index < -0.39 is 0 Å². The van der Waals surface area contributed by atoms with Crippen molar-refractivity contribution in [2.45, 2.75) is 6.54 Å². The minimum absolute atomic E-state index is 0.198. The van der Waals surface area contributed by atoms with Crippen LogP contribution in [0.2, 0.25) is 0 Å². The van der Waals surface area contributed by atoms with Crippen molar-refractivity contribution in [3.63, 3.8) is 0 Å². The van der Waals surface area contributed by atoms with Crippen molar-refractivity contribution in [1.82, 2.24) is 15.3 Å². The van der Waals surface area contributed by atoms with Gasteiger partial charge in [-0.2, -0.15) is 0 Å². The van der Waals surface area contributed by atoms with E-state index in [-0.39, 0.29) is 5.91 Å². The lowest BCUT2D eigenvalue weighted by molar-refractivity contribution is 0.0950. The van der Waals surface area contributed by atoms with Crippen molar-refractivity contribution in [2.24, 2.45) is 0 Å². The normalized spacial score (nSPS) is 9.90. The standard InChI is InChI=1S/C14H15N3O3/c1-19-12-5-3-10(7-15-12)8-17-14(18)11-4-6-13(20-2)16-9-11/h3-7,9H,8H2,1-2H3,(H,17,18). The number of amides is 1. The fourth-order valence-electron chi connectivity index (χ4n) is 1.56. The summed E-state index contributed by atoms with van der Waals surface area (Å²) in [6.07, 6.45) is 3.13. The maximum Gasteiger partial charge on any atom is 0.253 e. The molecule has 0 atom stereocenters. The number of nitrogens with zero attached hydrogens (tertiary/aromatic N) is 2. The summed E-state index contributed by atoms with van der Waals surface area (Å²) in [4.78, 5) is 20.0. The number of ether oxygens (including phenoxy) is 2. The molecule has 2 aromatic rings. The molecular weight excluding hydrogens is 258 g/mol. The predicted octanol–water partition coefficient (Wildman–Crippen LogP) is 1.42. The smallest absolute Gasteiger partial charge is 0.253 e. The number of hydrogen-bond donors (Lipinski definition) is 1. The Morgan fingerprint density at radius 1 is 1.05 bits per heavy atom. The van der Waals surface area contributed by atoms with E-state index in [0.717, 1.165) is 5.56 Å². The number of methoxy groups -OCH3 is 2. The Morgan fingerprint density at radius 2 is 1.70 bits per heavy atom. The minimum Gasteiger partial charge on any atom is -0.481 e. The topological polar surface area (TPSA) is 73.3 Å². The summed E-state index contributed by atoms with van der Waals surface area (Å²) < 4.78 is 9.90. The number of hydrogen-bond acceptors (Lipinski definition) is 5. The van der Waals surface area contributed by atoms with Gasteiger partial charge < -0.3 is 14.8 Å². The molecule has 0 saturated carbocycles. The molecule has 0 spiro atoms. The van der Waals surface area contributed by atoms with E-state index in [9.17, 15) is 4.79 Å². The molecule has 104 valence electrons. The maximum absolute atomic E-state index is 11.9. The van der Waals surface area contributed by atoms with Gasteiger partial charge in [-0.1, -0.05) is 6.07 Å². The highest BCUT2D eigenvalue weighted by atomic mass is 16.5. The molecule has 1 amide bonds. The molecule has 1 N–H and O–H groups in total. The van der Waals surface area contributed by atoms with Gasteiger partial charge in [0.15, 0.2) is 0 Å². The molecular formula is C14H15N3O3. The second-order valence-corrected chi connectivity index (χ2v) is 3.98. The van der Waals surface area contributed by atoms with E-state index in [0.29, 0.717) is 23.9 Å². The number of carbonyl (C=O) groups is 1. The highest BCUT2D eigenvalue weighted by molar-refractivity contribution is 5.93. The highest BCUT2D eigenvalue weighted by Gasteiger charge is 2.06. The van der Waals surface area contributed by atoms with Crippen molar-refractivity contribution < 1.29 is 14.3 Å². The van der Waals surface area contributed by atoms with Crippen LogP contribution in [-0.2, 0) is 6.54 Å². The predicted molar refractivity (Wildman–Crippen MR) is 72.7 cm³/mol. The molecule has 0 saturated heterocycles. The second kappa shape index (κ2) is 6.51. The molecule has 0 unspecified atom stereocenters. The first-order valence-corrected chi connectivity index (χ1v) is 6.00. The zero-order valence-electron chi connectivity index (χ0n) is 11.3. The van der Waals surface area contributed by atoms with Crippen LogP contribution in [0.1, 0.15) is 15.9 Å². The molecule has 2 aromatic heterocycles. The molecule has 2 rings (SSSR count). The highest BCUT2D eigenvalue weighted by Crippen LogP contribution is 2.08. The van der Waals surface area contributed by atoms with Crippen molar-refractivity contribution in [1.29, 1.82) is 0 Å². The maximum atomic E-state index is 11.9. The quantitative estimate of drug-likeness (QED) is 0.892. The van der Waals surface area contributed by atoms with E-state index in [1.165, 1.54) is 13.3 Å². The summed E-state index contributed by atoms with van der Waals surface area (Å²) in [5.41, 5.74) is 1.37. The van der Waals surface area contributed by atoms with E-state index >= 15 is 0 Å². The van der Waals surface area contributed by atoms with Crippen molar-refractivity contribution in [3.8, 4) is 11.8 Å². The van der Waals surface area contributed by atoms with Crippen LogP contribution in [-0.4, -0.2) is 30.1 Å². The van der Waals surface area contributed by atoms with Gasteiger partial charge >= 0.3 is 0 Å². The fraction of sp³-hybridized carbons (Fsp3) is 0.214. The average molecular weight is 273 g/mol. The largest absolute Gasteiger partial charge is 0.481 e. The summed E-state index contributed by atoms with van der Waals surface area (Å²) in [5, 5.41) is 2.79. The molecule has 20 heavy (non-hydrogen) atoms. The van der Waals surface area contributed by atoms with Crippen LogP contribution < -0.4 is 14.8 Å². The number of pyridine rings is 2. The van der Waals surface area contributed by atoms with Crippen LogP contribution in [0.4, 0.5) is 0 Å². The third-order valence-corrected chi connectivity index (χ3v) is 2.67. The van der Waals surface area contributed by atoms with Gasteiger partial charge in [0.1, 0.15) is 0 Å². The first-order valence-electron chi connectivity index (χ1n) is 6.00. The first-order chi connectivity index (χ1) is 9.72. The van der Waals surface area contributed by atoms with Gasteiger partial charge in [0, 0.05) is 31.1 Å². The Kier molecular flexibility index (Phi) is 4.49. The van der Waals surface area contributed by atoms with Crippen molar-refractivity contribution >= 4 is 5.91 Å². The van der Waals surface area contributed by atoms with Crippen molar-refractivity contribution in [3.05, 3.63) is 47.8 Å². The van der Waals surface area contributed by atoms with Gasteiger partial charge in [-0.25, -0.2) is 9.97 Å². The van der Waals surface area contributed by atoms with Gasteiger partial charge in [-0.3, -0.25) is 4.79 Å². The Hall–Kier alpha value is -2.63. The molecule has 0 bridgehead atoms. The van der Waals surface area contributed by atoms with Crippen LogP contribution in [0.15, 0.2) is 36.7 Å². The van der Waals surface area contributed by atoms with Crippen LogP contribution in [0.3, 0.4) is 0 Å². The van der Waals surface area contributed by atoms with E-state index in [2.05, 4.69) is 15.3 Å². The molecule has 6 nitrogen and oxygen atoms in total. The Morgan fingerprint density at radius 3 is 2.20 bits per heavy atom. The Labute approximate surface area is 116 Å². The second-order valence-electron chi connectivity index (χ2n) is 3.98. The van der Waals surface area contributed by atoms with E-state index in [4.69, 9.17) is 9.47 Å². The molecule has 6 heteroatoms. The summed E-state index contributed by atoms with van der Waals surface area (Å²) in [7, 11) is 3.08. The third kappa shape index (κ3) is 3.44. The number of aromatic nitrogens is 2. The number of rotatable bonds is 5. The monoisotopic (exact) mass is 273 g/mol. The Bertz CT molecular complexity index is 567. The molecule has 0 aliphatic heterocycles. The SMILES string of the molecule is COc1ccc(CNC(=O)c2ccc(OC)nc2)cn1. The van der Waals surface area contributed by atoms with Gasteiger partial charge in [-0.05, 0) is 11.6 Å². The lowest BCUT2D eigenvalue weighted by Crippen LogP contribution is -2.22. The molecule has 2 heterocycles. The summed E-state index contributed by atoms with van der Waals surface area (Å²) in [5.74, 6) is 0.816. The molecule has 0 aromatic carbocycles. The molecule has 0 fully saturated rings. The lowest BCUT2D eigenvalue weighted by atomic mass is 10.2. The average Bonchev–Trinajstić information content (AvgIpc) is 2.53.